The SMILES string of the molecule is C[C@]12CCC3C=C1CC[C@H]1C2CC[C@@]2(C)[C@H]1CCC2(C(=O)Nc1cccc(C(F)(F)F)c1)O3. The minimum absolute atomic E-state index is 0.105. The fraction of sp³-hybridized carbons (Fsp3) is 0.667. The van der Waals surface area contributed by atoms with E-state index >= 15 is 0 Å². The van der Waals surface area contributed by atoms with Crippen LogP contribution in [0, 0.1) is 28.6 Å². The Morgan fingerprint density at radius 2 is 1.85 bits per heavy atom. The molecule has 7 atom stereocenters. The summed E-state index contributed by atoms with van der Waals surface area (Å²) in [5, 5.41) is 2.86. The number of fused-ring (bicyclic) bond motifs is 1. The summed E-state index contributed by atoms with van der Waals surface area (Å²) in [7, 11) is 0. The van der Waals surface area contributed by atoms with Gasteiger partial charge in [-0.1, -0.05) is 31.6 Å². The standard InChI is InChI=1S/C27H32F3NO2/c1-24-11-8-19-15-16(24)6-7-20-21(24)9-12-25(2)22(20)10-13-26(25,33-19)23(32)31-18-5-3-4-17(14-18)27(28,29)30/h3-5,14-15,19-22H,6-13H2,1-2H3,(H,31,32)/t19?,20-,21?,22-,24-,25-,26?/m0/s1. The second-order valence-electron chi connectivity index (χ2n) is 11.6. The molecule has 0 aromatic heterocycles. The highest BCUT2D eigenvalue weighted by Gasteiger charge is 2.69. The van der Waals surface area contributed by atoms with E-state index in [1.165, 1.54) is 24.1 Å². The number of nitrogens with one attached hydrogen (secondary N) is 1. The van der Waals surface area contributed by atoms with E-state index in [1.807, 2.05) is 0 Å². The van der Waals surface area contributed by atoms with Crippen LogP contribution in [-0.4, -0.2) is 17.6 Å². The summed E-state index contributed by atoms with van der Waals surface area (Å²) in [6, 6.07) is 4.94. The summed E-state index contributed by atoms with van der Waals surface area (Å²) in [6.07, 6.45) is 5.69. The van der Waals surface area contributed by atoms with Crippen molar-refractivity contribution in [2.45, 2.75) is 83.1 Å². The molecule has 2 saturated heterocycles. The van der Waals surface area contributed by atoms with Crippen molar-refractivity contribution >= 4 is 11.6 Å². The van der Waals surface area contributed by atoms with E-state index in [0.717, 1.165) is 50.7 Å². The quantitative estimate of drug-likeness (QED) is 0.497. The van der Waals surface area contributed by atoms with Crippen LogP contribution in [0.1, 0.15) is 70.8 Å². The van der Waals surface area contributed by atoms with Crippen molar-refractivity contribution < 1.29 is 22.7 Å². The van der Waals surface area contributed by atoms with Gasteiger partial charge in [-0.15, -0.1) is 0 Å². The molecule has 1 aromatic rings. The topological polar surface area (TPSA) is 38.3 Å². The predicted molar refractivity (Wildman–Crippen MR) is 119 cm³/mol. The molecule has 3 nitrogen and oxygen atoms in total. The third kappa shape index (κ3) is 2.88. The lowest BCUT2D eigenvalue weighted by atomic mass is 9.46. The second kappa shape index (κ2) is 6.87. The predicted octanol–water partition coefficient (Wildman–Crippen LogP) is 6.74. The molecule has 8 aliphatic rings. The molecule has 33 heavy (non-hydrogen) atoms. The number of hydrogen-bond donors (Lipinski definition) is 1. The van der Waals surface area contributed by atoms with E-state index in [1.54, 1.807) is 0 Å². The normalized spacial score (nSPS) is 43.5. The van der Waals surface area contributed by atoms with Gasteiger partial charge in [0.2, 0.25) is 0 Å². The molecule has 1 amide bonds. The molecule has 4 aliphatic carbocycles. The molecule has 1 N–H and O–H groups in total. The van der Waals surface area contributed by atoms with Crippen LogP contribution in [-0.2, 0) is 15.7 Å². The van der Waals surface area contributed by atoms with Crippen LogP contribution in [0.5, 0.6) is 0 Å². The minimum atomic E-state index is -4.45. The fourth-order valence-corrected chi connectivity index (χ4v) is 8.67. The van der Waals surface area contributed by atoms with E-state index in [-0.39, 0.29) is 28.5 Å². The number of carbonyl (C=O) groups is 1. The van der Waals surface area contributed by atoms with Gasteiger partial charge >= 0.3 is 6.18 Å². The number of benzene rings is 1. The summed E-state index contributed by atoms with van der Waals surface area (Å²) in [4.78, 5) is 14.0. The van der Waals surface area contributed by atoms with E-state index in [0.29, 0.717) is 24.2 Å². The van der Waals surface area contributed by atoms with Gasteiger partial charge in [0, 0.05) is 11.1 Å². The molecule has 4 heterocycles. The molecule has 1 aromatic carbocycles. The van der Waals surface area contributed by atoms with Crippen molar-refractivity contribution in [3.05, 3.63) is 41.5 Å². The lowest BCUT2D eigenvalue weighted by Crippen LogP contribution is -2.62. The van der Waals surface area contributed by atoms with Gasteiger partial charge in [-0.05, 0) is 92.7 Å². The molecule has 0 spiro atoms. The average molecular weight is 460 g/mol. The van der Waals surface area contributed by atoms with Crippen LogP contribution in [0.15, 0.2) is 35.9 Å². The summed E-state index contributed by atoms with van der Waals surface area (Å²) in [6.45, 7) is 4.68. The van der Waals surface area contributed by atoms with Crippen molar-refractivity contribution in [3.63, 3.8) is 0 Å². The maximum atomic E-state index is 14.0. The first-order valence-corrected chi connectivity index (χ1v) is 12.4. The largest absolute Gasteiger partial charge is 0.416 e. The van der Waals surface area contributed by atoms with E-state index < -0.39 is 17.3 Å². The Bertz CT molecular complexity index is 1030. The second-order valence-corrected chi connectivity index (χ2v) is 11.6. The Hall–Kier alpha value is -1.82. The summed E-state index contributed by atoms with van der Waals surface area (Å²) in [5.74, 6) is 1.40. The van der Waals surface area contributed by atoms with Gasteiger partial charge in [-0.3, -0.25) is 4.79 Å². The van der Waals surface area contributed by atoms with Gasteiger partial charge < -0.3 is 10.1 Å². The Morgan fingerprint density at radius 3 is 2.64 bits per heavy atom. The number of carbonyl (C=O) groups excluding carboxylic acids is 1. The first-order valence-electron chi connectivity index (χ1n) is 12.4. The Labute approximate surface area is 193 Å². The lowest BCUT2D eigenvalue weighted by molar-refractivity contribution is -0.194. The maximum Gasteiger partial charge on any atom is 0.416 e. The highest BCUT2D eigenvalue weighted by atomic mass is 19.4. The van der Waals surface area contributed by atoms with Crippen molar-refractivity contribution in [1.29, 1.82) is 0 Å². The number of alkyl halides is 3. The molecule has 3 unspecified atom stereocenters. The smallest absolute Gasteiger partial charge is 0.357 e. The minimum Gasteiger partial charge on any atom is -0.357 e. The molecule has 178 valence electrons. The van der Waals surface area contributed by atoms with E-state index in [9.17, 15) is 18.0 Å². The summed E-state index contributed by atoms with van der Waals surface area (Å²) in [5.41, 5.74) is -0.120. The number of hydrogen-bond acceptors (Lipinski definition) is 2. The molecule has 4 aliphatic heterocycles. The molecule has 9 rings (SSSR count). The first kappa shape index (κ1) is 21.7. The zero-order chi connectivity index (χ0) is 23.2. The molecule has 8 bridgehead atoms. The first-order chi connectivity index (χ1) is 15.6. The van der Waals surface area contributed by atoms with E-state index in [4.69, 9.17) is 4.74 Å². The van der Waals surface area contributed by atoms with Gasteiger partial charge in [0.25, 0.3) is 5.91 Å². The van der Waals surface area contributed by atoms with Crippen LogP contribution >= 0.6 is 0 Å². The number of halogens is 3. The number of allylic oxidation sites excluding steroid dienone is 1. The number of amides is 1. The highest BCUT2D eigenvalue weighted by Crippen LogP contribution is 2.70. The van der Waals surface area contributed by atoms with Gasteiger partial charge in [-0.25, -0.2) is 0 Å². The van der Waals surface area contributed by atoms with Crippen LogP contribution in [0.25, 0.3) is 0 Å². The van der Waals surface area contributed by atoms with Crippen LogP contribution in [0.4, 0.5) is 18.9 Å². The van der Waals surface area contributed by atoms with Crippen molar-refractivity contribution in [3.8, 4) is 0 Å². The third-order valence-electron chi connectivity index (χ3n) is 10.4. The van der Waals surface area contributed by atoms with Gasteiger partial charge in [0.15, 0.2) is 5.60 Å². The zero-order valence-electron chi connectivity index (χ0n) is 19.3. The Balaban J connectivity index is 1.41. The van der Waals surface area contributed by atoms with Crippen LogP contribution in [0.3, 0.4) is 0 Å². The highest BCUT2D eigenvalue weighted by molar-refractivity contribution is 5.98. The van der Waals surface area contributed by atoms with Gasteiger partial charge in [-0.2, -0.15) is 13.2 Å². The molecule has 0 radical (unpaired) electrons. The number of anilines is 1. The van der Waals surface area contributed by atoms with Crippen molar-refractivity contribution in [1.82, 2.24) is 0 Å². The van der Waals surface area contributed by atoms with Gasteiger partial charge in [0.05, 0.1) is 11.7 Å². The Morgan fingerprint density at radius 1 is 1.06 bits per heavy atom. The molecule has 5 fully saturated rings. The van der Waals surface area contributed by atoms with E-state index in [2.05, 4.69) is 25.2 Å². The maximum absolute atomic E-state index is 14.0. The average Bonchev–Trinajstić information content (AvgIpc) is 3.04. The van der Waals surface area contributed by atoms with Crippen molar-refractivity contribution in [2.24, 2.45) is 28.6 Å². The molecular weight excluding hydrogens is 427 g/mol. The third-order valence-corrected chi connectivity index (χ3v) is 10.4. The van der Waals surface area contributed by atoms with Crippen LogP contribution in [0.2, 0.25) is 0 Å². The zero-order valence-corrected chi connectivity index (χ0v) is 19.3. The number of ether oxygens (including phenoxy) is 1. The molecule has 3 saturated carbocycles. The Kier molecular flexibility index (Phi) is 4.51. The summed E-state index contributed by atoms with van der Waals surface area (Å²) >= 11 is 0. The molecular formula is C27H32F3NO2. The monoisotopic (exact) mass is 459 g/mol. The fourth-order valence-electron chi connectivity index (χ4n) is 8.67. The van der Waals surface area contributed by atoms with Crippen molar-refractivity contribution in [2.75, 3.05) is 5.32 Å². The molecule has 6 heteroatoms. The number of rotatable bonds is 2. The lowest BCUT2D eigenvalue weighted by Gasteiger charge is -2.61. The van der Waals surface area contributed by atoms with Gasteiger partial charge in [0.1, 0.15) is 0 Å². The summed E-state index contributed by atoms with van der Waals surface area (Å²) < 4.78 is 46.6. The van der Waals surface area contributed by atoms with Crippen LogP contribution < -0.4 is 5.32 Å².